The van der Waals surface area contributed by atoms with Gasteiger partial charge in [-0.15, -0.1) is 0 Å². The van der Waals surface area contributed by atoms with E-state index in [9.17, 15) is 31.9 Å². The highest BCUT2D eigenvalue weighted by Crippen LogP contribution is 2.37. The van der Waals surface area contributed by atoms with E-state index in [0.29, 0.717) is 44.5 Å². The molecule has 2 unspecified atom stereocenters. The van der Waals surface area contributed by atoms with Crippen LogP contribution in [0.2, 0.25) is 5.02 Å². The van der Waals surface area contributed by atoms with Crippen molar-refractivity contribution in [1.82, 2.24) is 14.7 Å². The van der Waals surface area contributed by atoms with Gasteiger partial charge in [0.25, 0.3) is 0 Å². The minimum Gasteiger partial charge on any atom is -0.387 e. The van der Waals surface area contributed by atoms with Crippen LogP contribution >= 0.6 is 11.6 Å². The minimum atomic E-state index is -4.59. The Balaban J connectivity index is 1.53. The van der Waals surface area contributed by atoms with Crippen LogP contribution in [-0.4, -0.2) is 77.4 Å². The van der Waals surface area contributed by atoms with Gasteiger partial charge in [-0.25, -0.2) is 4.39 Å². The molecule has 0 spiro atoms. The second-order valence-electron chi connectivity index (χ2n) is 11.1. The van der Waals surface area contributed by atoms with Crippen LogP contribution in [0.1, 0.15) is 47.4 Å². The van der Waals surface area contributed by atoms with Crippen molar-refractivity contribution in [1.29, 1.82) is 0 Å². The first-order valence-electron chi connectivity index (χ1n) is 13.8. The van der Waals surface area contributed by atoms with Crippen molar-refractivity contribution < 1.29 is 37.1 Å². The quantitative estimate of drug-likeness (QED) is 0.483. The van der Waals surface area contributed by atoms with Gasteiger partial charge in [0, 0.05) is 62.5 Å². The number of benzene rings is 2. The van der Waals surface area contributed by atoms with E-state index in [4.69, 9.17) is 16.7 Å². The number of aliphatic hydroxyl groups is 1. The van der Waals surface area contributed by atoms with E-state index in [1.807, 2.05) is 0 Å². The Labute approximate surface area is 247 Å². The van der Waals surface area contributed by atoms with E-state index in [0.717, 1.165) is 17.7 Å². The number of carbonyl (C=O) groups is 3. The van der Waals surface area contributed by atoms with E-state index < -0.39 is 36.0 Å². The van der Waals surface area contributed by atoms with Crippen LogP contribution in [-0.2, 0) is 27.1 Å². The minimum absolute atomic E-state index is 0.0753. The molecule has 2 atom stereocenters. The number of aliphatic hydroxyl groups excluding tert-OH is 1. The highest BCUT2D eigenvalue weighted by molar-refractivity contribution is 6.30. The molecule has 2 heterocycles. The fourth-order valence-electron chi connectivity index (χ4n) is 6.09. The van der Waals surface area contributed by atoms with Gasteiger partial charge in [0.15, 0.2) is 0 Å². The molecule has 2 saturated heterocycles. The Kier molecular flexibility index (Phi) is 9.82. The number of piperidine rings is 2. The first-order chi connectivity index (χ1) is 19.8. The summed E-state index contributed by atoms with van der Waals surface area (Å²) in [7, 11) is 1.52. The van der Waals surface area contributed by atoms with Crippen LogP contribution in [0.4, 0.5) is 17.6 Å². The first-order valence-corrected chi connectivity index (χ1v) is 14.2. The Bertz CT molecular complexity index is 1330. The third-order valence-electron chi connectivity index (χ3n) is 8.29. The molecule has 2 aliphatic heterocycles. The molecule has 0 aliphatic carbocycles. The van der Waals surface area contributed by atoms with Gasteiger partial charge in [-0.2, -0.15) is 13.2 Å². The lowest BCUT2D eigenvalue weighted by molar-refractivity contribution is -0.145. The maximum absolute atomic E-state index is 14.0. The standard InChI is InChI=1S/C30H34ClF4N3O4/c1-18-11-23(32)3-4-24(18)26-16-38(28(41)20-5-8-37(9-6-20)27(40)17-39)10-7-25(26)29(42)36(2)15-19-12-21(30(33,34)35)14-22(31)13-19/h3-4,11-14,20,25-26,39H,5-10,15-17H2,1-2H3. The third kappa shape index (κ3) is 7.23. The smallest absolute Gasteiger partial charge is 0.387 e. The highest BCUT2D eigenvalue weighted by atomic mass is 35.5. The summed E-state index contributed by atoms with van der Waals surface area (Å²) in [4.78, 5) is 43.7. The van der Waals surface area contributed by atoms with Crippen molar-refractivity contribution in [3.63, 3.8) is 0 Å². The van der Waals surface area contributed by atoms with Crippen LogP contribution < -0.4 is 0 Å². The fourth-order valence-corrected chi connectivity index (χ4v) is 6.35. The normalized spacial score (nSPS) is 20.0. The first kappa shape index (κ1) is 31.7. The summed E-state index contributed by atoms with van der Waals surface area (Å²) in [5.74, 6) is -2.51. The van der Waals surface area contributed by atoms with Crippen molar-refractivity contribution >= 4 is 29.3 Å². The van der Waals surface area contributed by atoms with Gasteiger partial charge in [-0.1, -0.05) is 17.7 Å². The molecule has 2 fully saturated rings. The van der Waals surface area contributed by atoms with Crippen LogP contribution in [0.25, 0.3) is 0 Å². The molecular formula is C30H34ClF4N3O4. The van der Waals surface area contributed by atoms with Crippen molar-refractivity contribution in [2.75, 3.05) is 39.8 Å². The molecule has 0 saturated carbocycles. The highest BCUT2D eigenvalue weighted by Gasteiger charge is 2.40. The zero-order chi connectivity index (χ0) is 30.8. The number of halogens is 5. The van der Waals surface area contributed by atoms with Gasteiger partial charge >= 0.3 is 6.18 Å². The lowest BCUT2D eigenvalue weighted by atomic mass is 9.77. The molecule has 2 aromatic rings. The average Bonchev–Trinajstić information content (AvgIpc) is 2.95. The second-order valence-corrected chi connectivity index (χ2v) is 11.6. The number of hydrogen-bond donors (Lipinski definition) is 1. The number of nitrogens with zero attached hydrogens (tertiary/aromatic N) is 3. The van der Waals surface area contributed by atoms with E-state index in [2.05, 4.69) is 0 Å². The van der Waals surface area contributed by atoms with E-state index in [1.165, 1.54) is 35.0 Å². The third-order valence-corrected chi connectivity index (χ3v) is 8.50. The molecule has 4 rings (SSSR count). The zero-order valence-electron chi connectivity index (χ0n) is 23.5. The van der Waals surface area contributed by atoms with E-state index >= 15 is 0 Å². The Hall–Kier alpha value is -3.18. The van der Waals surface area contributed by atoms with Crippen molar-refractivity contribution in [3.05, 3.63) is 69.5 Å². The summed E-state index contributed by atoms with van der Waals surface area (Å²) in [5, 5.41) is 9.03. The number of hydrogen-bond acceptors (Lipinski definition) is 4. The average molecular weight is 612 g/mol. The van der Waals surface area contributed by atoms with Crippen molar-refractivity contribution in [2.45, 2.75) is 44.8 Å². The Morgan fingerprint density at radius 1 is 1.02 bits per heavy atom. The van der Waals surface area contributed by atoms with Gasteiger partial charge in [0.1, 0.15) is 12.4 Å². The van der Waals surface area contributed by atoms with Crippen LogP contribution in [0.3, 0.4) is 0 Å². The molecule has 42 heavy (non-hydrogen) atoms. The topological polar surface area (TPSA) is 81.2 Å². The maximum atomic E-state index is 14.0. The molecule has 3 amide bonds. The number of rotatable bonds is 6. The van der Waals surface area contributed by atoms with Gasteiger partial charge in [0.2, 0.25) is 17.7 Å². The van der Waals surface area contributed by atoms with Crippen LogP contribution in [0.5, 0.6) is 0 Å². The van der Waals surface area contributed by atoms with Gasteiger partial charge in [0.05, 0.1) is 5.56 Å². The molecule has 228 valence electrons. The maximum Gasteiger partial charge on any atom is 0.416 e. The predicted molar refractivity (Wildman–Crippen MR) is 148 cm³/mol. The number of alkyl halides is 3. The predicted octanol–water partition coefficient (Wildman–Crippen LogP) is 4.63. The molecule has 1 N–H and O–H groups in total. The molecule has 12 heteroatoms. The monoisotopic (exact) mass is 611 g/mol. The fraction of sp³-hybridized carbons (Fsp3) is 0.500. The van der Waals surface area contributed by atoms with Gasteiger partial charge < -0.3 is 19.8 Å². The number of carbonyl (C=O) groups excluding carboxylic acids is 3. The molecule has 7 nitrogen and oxygen atoms in total. The Morgan fingerprint density at radius 3 is 2.31 bits per heavy atom. The van der Waals surface area contributed by atoms with E-state index in [-0.39, 0.29) is 47.3 Å². The summed E-state index contributed by atoms with van der Waals surface area (Å²) in [6.07, 6.45) is -3.34. The summed E-state index contributed by atoms with van der Waals surface area (Å²) < 4.78 is 53.9. The number of likely N-dealkylation sites (tertiary alicyclic amines) is 2. The van der Waals surface area contributed by atoms with Crippen LogP contribution in [0.15, 0.2) is 36.4 Å². The Morgan fingerprint density at radius 2 is 1.69 bits per heavy atom. The molecule has 0 bridgehead atoms. The van der Waals surface area contributed by atoms with Crippen LogP contribution in [0, 0.1) is 24.6 Å². The van der Waals surface area contributed by atoms with E-state index in [1.54, 1.807) is 17.9 Å². The molecule has 2 aromatic carbocycles. The van der Waals surface area contributed by atoms with Crippen molar-refractivity contribution in [2.24, 2.45) is 11.8 Å². The SMILES string of the molecule is Cc1cc(F)ccc1C1CN(C(=O)C2CCN(C(=O)CO)CC2)CCC1C(=O)N(C)Cc1cc(Cl)cc(C(F)(F)F)c1. The molecule has 2 aliphatic rings. The lowest BCUT2D eigenvalue weighted by Crippen LogP contribution is -2.51. The molecular weight excluding hydrogens is 578 g/mol. The second kappa shape index (κ2) is 13.0. The number of amides is 3. The summed E-state index contributed by atoms with van der Waals surface area (Å²) >= 11 is 5.94. The summed E-state index contributed by atoms with van der Waals surface area (Å²) in [6.45, 7) is 2.34. The zero-order valence-corrected chi connectivity index (χ0v) is 24.2. The summed E-state index contributed by atoms with van der Waals surface area (Å²) in [6, 6.07) is 7.50. The molecule has 0 aromatic heterocycles. The molecule has 0 radical (unpaired) electrons. The lowest BCUT2D eigenvalue weighted by Gasteiger charge is -2.42. The summed E-state index contributed by atoms with van der Waals surface area (Å²) in [5.41, 5.74) is 0.698. The largest absolute Gasteiger partial charge is 0.416 e. The number of aryl methyl sites for hydroxylation is 1. The van der Waals surface area contributed by atoms with Gasteiger partial charge in [-0.3, -0.25) is 14.4 Å². The van der Waals surface area contributed by atoms with Crippen molar-refractivity contribution in [3.8, 4) is 0 Å². The van der Waals surface area contributed by atoms with Gasteiger partial charge in [-0.05, 0) is 73.2 Å².